The largest absolute Gasteiger partial charge is 0.351 e. The zero-order valence-electron chi connectivity index (χ0n) is 18.9. The van der Waals surface area contributed by atoms with Gasteiger partial charge >= 0.3 is 0 Å². The van der Waals surface area contributed by atoms with Crippen LogP contribution in [-0.4, -0.2) is 70.7 Å². The van der Waals surface area contributed by atoms with Gasteiger partial charge in [0, 0.05) is 13.1 Å². The number of fused-ring (bicyclic) bond motifs is 1. The van der Waals surface area contributed by atoms with E-state index < -0.39 is 37.4 Å². The molecule has 31 heavy (non-hydrogen) atoms. The highest BCUT2D eigenvalue weighted by Gasteiger charge is 2.68. The fourth-order valence-corrected chi connectivity index (χ4v) is 8.17. The van der Waals surface area contributed by atoms with Crippen molar-refractivity contribution in [3.8, 4) is 0 Å². The fraction of sp³-hybridized carbons (Fsp3) is 0.864. The fourth-order valence-electron chi connectivity index (χ4n) is 6.04. The van der Waals surface area contributed by atoms with Gasteiger partial charge in [-0.05, 0) is 39.5 Å². The maximum absolute atomic E-state index is 13.8. The van der Waals surface area contributed by atoms with Crippen LogP contribution < -0.4 is 5.32 Å². The van der Waals surface area contributed by atoms with Gasteiger partial charge in [0.25, 0.3) is 0 Å². The lowest BCUT2D eigenvalue weighted by molar-refractivity contribution is -0.160. The van der Waals surface area contributed by atoms with Gasteiger partial charge in [0.15, 0.2) is 9.84 Å². The summed E-state index contributed by atoms with van der Waals surface area (Å²) in [4.78, 5) is 42.3. The molecule has 3 amide bonds. The number of carbonyl (C=O) groups excluding carboxylic acids is 3. The lowest BCUT2D eigenvalue weighted by Crippen LogP contribution is -2.67. The first-order valence-corrected chi connectivity index (χ1v) is 13.2. The van der Waals surface area contributed by atoms with Gasteiger partial charge in [-0.25, -0.2) is 8.42 Å². The average molecular weight is 454 g/mol. The second-order valence-corrected chi connectivity index (χ2v) is 13.0. The summed E-state index contributed by atoms with van der Waals surface area (Å²) in [6.45, 7) is 3.06. The van der Waals surface area contributed by atoms with Crippen molar-refractivity contribution in [2.45, 2.75) is 112 Å². The van der Waals surface area contributed by atoms with Crippen molar-refractivity contribution in [3.05, 3.63) is 0 Å². The van der Waals surface area contributed by atoms with Gasteiger partial charge in [0.1, 0.15) is 17.0 Å². The first-order chi connectivity index (χ1) is 14.5. The number of hydrogen-bond donors (Lipinski definition) is 1. The SMILES string of the molecule is CN(C(=O)[C@H]1N2C(=O)C[C@H]2S(=O)(=O)C1(C)C)C1(C(=O)NC2CCCCC2)CCCCC1. The highest BCUT2D eigenvalue weighted by molar-refractivity contribution is 7.93. The van der Waals surface area contributed by atoms with Gasteiger partial charge in [0.05, 0.1) is 11.2 Å². The van der Waals surface area contributed by atoms with E-state index in [0.717, 1.165) is 44.9 Å². The molecule has 4 aliphatic rings. The topological polar surface area (TPSA) is 104 Å². The van der Waals surface area contributed by atoms with Crippen LogP contribution in [0.5, 0.6) is 0 Å². The molecule has 4 fully saturated rings. The molecule has 174 valence electrons. The third-order valence-corrected chi connectivity index (χ3v) is 11.0. The Morgan fingerprint density at radius 3 is 2.19 bits per heavy atom. The van der Waals surface area contributed by atoms with Gasteiger partial charge in [-0.15, -0.1) is 0 Å². The molecule has 9 heteroatoms. The lowest BCUT2D eigenvalue weighted by Gasteiger charge is -2.47. The molecule has 0 aromatic carbocycles. The summed E-state index contributed by atoms with van der Waals surface area (Å²) < 4.78 is 24.6. The highest BCUT2D eigenvalue weighted by Crippen LogP contribution is 2.47. The predicted molar refractivity (Wildman–Crippen MR) is 116 cm³/mol. The Kier molecular flexibility index (Phi) is 5.63. The Hall–Kier alpha value is -1.64. The molecule has 2 atom stereocenters. The maximum atomic E-state index is 13.8. The molecule has 0 aromatic rings. The zero-order chi connectivity index (χ0) is 22.6. The molecule has 2 aliphatic heterocycles. The van der Waals surface area contributed by atoms with E-state index in [4.69, 9.17) is 0 Å². The third-order valence-electron chi connectivity index (χ3n) is 8.23. The molecule has 2 saturated carbocycles. The van der Waals surface area contributed by atoms with Crippen LogP contribution in [0.1, 0.15) is 84.5 Å². The minimum absolute atomic E-state index is 0.0629. The molecular formula is C22H35N3O5S. The van der Waals surface area contributed by atoms with Crippen LogP contribution in [-0.2, 0) is 24.2 Å². The molecule has 0 unspecified atom stereocenters. The Morgan fingerprint density at radius 1 is 1.03 bits per heavy atom. The van der Waals surface area contributed by atoms with Crippen LogP contribution in [0, 0.1) is 0 Å². The number of sulfone groups is 1. The molecule has 8 nitrogen and oxygen atoms in total. The molecule has 4 rings (SSSR count). The van der Waals surface area contributed by atoms with Gasteiger partial charge < -0.3 is 15.1 Å². The second-order valence-electron chi connectivity index (χ2n) is 10.3. The van der Waals surface area contributed by atoms with Crippen molar-refractivity contribution in [1.29, 1.82) is 0 Å². The van der Waals surface area contributed by atoms with E-state index in [2.05, 4.69) is 5.32 Å². The monoisotopic (exact) mass is 453 g/mol. The van der Waals surface area contributed by atoms with E-state index in [-0.39, 0.29) is 24.3 Å². The molecule has 0 bridgehead atoms. The van der Waals surface area contributed by atoms with E-state index >= 15 is 0 Å². The standard InChI is InChI=1S/C22H35N3O5S/c1-21(2)18(25-16(26)14-17(25)31(21,29)30)19(27)24(3)22(12-8-5-9-13-22)20(28)23-15-10-6-4-7-11-15/h15,17-18H,4-14H2,1-3H3,(H,23,28)/t17-,18-/m1/s1. The number of nitrogens with one attached hydrogen (secondary N) is 1. The molecule has 1 N–H and O–H groups in total. The Bertz CT molecular complexity index is 872. The quantitative estimate of drug-likeness (QED) is 0.653. The van der Waals surface area contributed by atoms with E-state index in [1.54, 1.807) is 7.05 Å². The number of likely N-dealkylation sites (N-methyl/N-ethyl adjacent to an activating group) is 1. The van der Waals surface area contributed by atoms with Crippen LogP contribution in [0.25, 0.3) is 0 Å². The van der Waals surface area contributed by atoms with Gasteiger partial charge in [-0.2, -0.15) is 0 Å². The van der Waals surface area contributed by atoms with Crippen molar-refractivity contribution in [1.82, 2.24) is 15.1 Å². The zero-order valence-corrected chi connectivity index (χ0v) is 19.7. The first kappa shape index (κ1) is 22.6. The third kappa shape index (κ3) is 3.29. The minimum atomic E-state index is -3.66. The van der Waals surface area contributed by atoms with Crippen LogP contribution >= 0.6 is 0 Å². The number of β-lactam (4-membered cyclic amide) rings is 1. The normalized spacial score (nSPS) is 31.5. The van der Waals surface area contributed by atoms with Crippen molar-refractivity contribution < 1.29 is 22.8 Å². The minimum Gasteiger partial charge on any atom is -0.351 e. The molecule has 2 aliphatic carbocycles. The summed E-state index contributed by atoms with van der Waals surface area (Å²) in [5, 5.41) is 2.28. The van der Waals surface area contributed by atoms with Gasteiger partial charge in [-0.3, -0.25) is 14.4 Å². The highest BCUT2D eigenvalue weighted by atomic mass is 32.2. The Balaban J connectivity index is 1.62. The molecule has 2 saturated heterocycles. The lowest BCUT2D eigenvalue weighted by atomic mass is 9.78. The smallest absolute Gasteiger partial charge is 0.247 e. The van der Waals surface area contributed by atoms with Crippen LogP contribution in [0.3, 0.4) is 0 Å². The van der Waals surface area contributed by atoms with E-state index in [0.29, 0.717) is 12.8 Å². The number of nitrogens with zero attached hydrogens (tertiary/aromatic N) is 2. The summed E-state index contributed by atoms with van der Waals surface area (Å²) in [6, 6.07) is -0.955. The summed E-state index contributed by atoms with van der Waals surface area (Å²) in [6.07, 6.45) is 9.04. The number of amides is 3. The van der Waals surface area contributed by atoms with Crippen molar-refractivity contribution in [3.63, 3.8) is 0 Å². The molecule has 2 heterocycles. The molecule has 0 radical (unpaired) electrons. The molecule has 0 aromatic heterocycles. The van der Waals surface area contributed by atoms with E-state index in [1.807, 2.05) is 0 Å². The maximum Gasteiger partial charge on any atom is 0.247 e. The van der Waals surface area contributed by atoms with E-state index in [9.17, 15) is 22.8 Å². The van der Waals surface area contributed by atoms with E-state index in [1.165, 1.54) is 30.1 Å². The van der Waals surface area contributed by atoms with Crippen molar-refractivity contribution >= 4 is 27.6 Å². The molecular weight excluding hydrogens is 418 g/mol. The Morgan fingerprint density at radius 2 is 1.61 bits per heavy atom. The summed E-state index contributed by atoms with van der Waals surface area (Å²) in [5.74, 6) is -0.875. The van der Waals surface area contributed by atoms with Crippen molar-refractivity contribution in [2.24, 2.45) is 0 Å². The average Bonchev–Trinajstić information content (AvgIpc) is 2.87. The summed E-state index contributed by atoms with van der Waals surface area (Å²) in [5.41, 5.74) is -0.987. The second kappa shape index (κ2) is 7.74. The van der Waals surface area contributed by atoms with Gasteiger partial charge in [0.2, 0.25) is 17.7 Å². The predicted octanol–water partition coefficient (Wildman–Crippen LogP) is 1.73. The summed E-state index contributed by atoms with van der Waals surface area (Å²) in [7, 11) is -2.04. The van der Waals surface area contributed by atoms with Crippen LogP contribution in [0.15, 0.2) is 0 Å². The van der Waals surface area contributed by atoms with Crippen LogP contribution in [0.2, 0.25) is 0 Å². The van der Waals surface area contributed by atoms with Gasteiger partial charge in [-0.1, -0.05) is 38.5 Å². The molecule has 0 spiro atoms. The Labute approximate surface area is 185 Å². The summed E-state index contributed by atoms with van der Waals surface area (Å²) >= 11 is 0. The number of rotatable bonds is 4. The first-order valence-electron chi connectivity index (χ1n) is 11.7. The number of carbonyl (C=O) groups is 3. The van der Waals surface area contributed by atoms with Crippen LogP contribution in [0.4, 0.5) is 0 Å². The number of hydrogen-bond acceptors (Lipinski definition) is 5. The van der Waals surface area contributed by atoms with Crippen molar-refractivity contribution in [2.75, 3.05) is 7.05 Å².